The maximum atomic E-state index is 13.4. The van der Waals surface area contributed by atoms with Crippen molar-refractivity contribution in [3.63, 3.8) is 0 Å². The van der Waals surface area contributed by atoms with E-state index in [1.807, 2.05) is 0 Å². The molecule has 0 saturated carbocycles. The number of aryl methyl sites for hydroxylation is 1. The summed E-state index contributed by atoms with van der Waals surface area (Å²) in [4.78, 5) is 36.5. The summed E-state index contributed by atoms with van der Waals surface area (Å²) in [6.45, 7) is 0.0890. The van der Waals surface area contributed by atoms with Gasteiger partial charge in [0.05, 0.1) is 18.4 Å². The van der Waals surface area contributed by atoms with Crippen molar-refractivity contribution in [2.24, 2.45) is 7.05 Å². The van der Waals surface area contributed by atoms with Crippen LogP contribution in [0.25, 0.3) is 11.1 Å². The molecule has 0 radical (unpaired) electrons. The number of ether oxygens (including phenoxy) is 1. The minimum atomic E-state index is -4.77. The van der Waals surface area contributed by atoms with Gasteiger partial charge < -0.3 is 14.2 Å². The first-order chi connectivity index (χ1) is 21.9. The van der Waals surface area contributed by atoms with Crippen LogP contribution < -0.4 is 10.3 Å². The lowest BCUT2D eigenvalue weighted by molar-refractivity contribution is -0.274. The van der Waals surface area contributed by atoms with E-state index in [-0.39, 0.29) is 30.6 Å². The molecule has 0 spiro atoms. The Kier molecular flexibility index (Phi) is 9.85. The highest BCUT2D eigenvalue weighted by Crippen LogP contribution is 2.26. The highest BCUT2D eigenvalue weighted by molar-refractivity contribution is 7.98. The third-order valence-corrected chi connectivity index (χ3v) is 7.90. The van der Waals surface area contributed by atoms with E-state index in [2.05, 4.69) is 19.8 Å². The molecule has 9 nitrogen and oxygen atoms in total. The van der Waals surface area contributed by atoms with Gasteiger partial charge in [-0.25, -0.2) is 4.39 Å². The van der Waals surface area contributed by atoms with Crippen LogP contribution >= 0.6 is 11.8 Å². The van der Waals surface area contributed by atoms with Gasteiger partial charge in [0.25, 0.3) is 5.56 Å². The number of alkyl halides is 3. The van der Waals surface area contributed by atoms with E-state index in [4.69, 9.17) is 0 Å². The van der Waals surface area contributed by atoms with Gasteiger partial charge in [0.1, 0.15) is 18.1 Å². The molecule has 0 saturated heterocycles. The highest BCUT2D eigenvalue weighted by atomic mass is 32.2. The topological polar surface area (TPSA) is 95.1 Å². The lowest BCUT2D eigenvalue weighted by Crippen LogP contribution is -2.31. The van der Waals surface area contributed by atoms with E-state index in [1.54, 1.807) is 72.4 Å². The van der Waals surface area contributed by atoms with Gasteiger partial charge >= 0.3 is 6.36 Å². The average molecular weight is 653 g/mol. The number of rotatable bonds is 11. The number of aromatic nitrogens is 5. The van der Waals surface area contributed by atoms with E-state index in [1.165, 1.54) is 53.1 Å². The van der Waals surface area contributed by atoms with Crippen molar-refractivity contribution < 1.29 is 27.1 Å². The lowest BCUT2D eigenvalue weighted by atomic mass is 10.1. The molecule has 0 N–H and O–H groups in total. The van der Waals surface area contributed by atoms with Crippen LogP contribution in [0.5, 0.6) is 5.75 Å². The minimum Gasteiger partial charge on any atom is -0.406 e. The van der Waals surface area contributed by atoms with Gasteiger partial charge in [-0.05, 0) is 47.0 Å². The second-order valence-corrected chi connectivity index (χ2v) is 11.4. The zero-order valence-corrected chi connectivity index (χ0v) is 25.6. The third-order valence-electron chi connectivity index (χ3n) is 6.84. The van der Waals surface area contributed by atoms with Crippen LogP contribution in [-0.4, -0.2) is 48.5 Å². The molecular weight excluding hydrogens is 624 g/mol. The Morgan fingerprint density at radius 1 is 0.957 bits per heavy atom. The molecule has 14 heteroatoms. The number of pyridine rings is 1. The lowest BCUT2D eigenvalue weighted by Gasteiger charge is -2.20. The predicted octanol–water partition coefficient (Wildman–Crippen LogP) is 5.62. The maximum absolute atomic E-state index is 13.4. The largest absolute Gasteiger partial charge is 0.573 e. The Hall–Kier alpha value is -4.98. The molecule has 0 aliphatic heterocycles. The smallest absolute Gasteiger partial charge is 0.406 e. The highest BCUT2D eigenvalue weighted by Gasteiger charge is 2.31. The number of thioether (sulfide) groups is 1. The van der Waals surface area contributed by atoms with Gasteiger partial charge in [-0.3, -0.25) is 19.3 Å². The first-order valence-electron chi connectivity index (χ1n) is 13.9. The van der Waals surface area contributed by atoms with Gasteiger partial charge in [-0.1, -0.05) is 42.1 Å². The summed E-state index contributed by atoms with van der Waals surface area (Å²) < 4.78 is 57.9. The van der Waals surface area contributed by atoms with E-state index in [0.29, 0.717) is 39.7 Å². The quantitative estimate of drug-likeness (QED) is 0.104. The van der Waals surface area contributed by atoms with Crippen LogP contribution in [-0.2, 0) is 37.1 Å². The molecule has 0 aliphatic rings. The van der Waals surface area contributed by atoms with E-state index in [9.17, 15) is 27.2 Å². The van der Waals surface area contributed by atoms with E-state index >= 15 is 0 Å². The van der Waals surface area contributed by atoms with Crippen molar-refractivity contribution in [2.75, 3.05) is 7.05 Å². The molecule has 5 rings (SSSR count). The van der Waals surface area contributed by atoms with Gasteiger partial charge in [0, 0.05) is 56.0 Å². The van der Waals surface area contributed by atoms with Gasteiger partial charge in [-0.2, -0.15) is 10.1 Å². The SMILES string of the molecule is CN(Cc1ccc(-c2ccc(OC(F)(F)F)cc2)cn1)C(=O)Cn1cc(Cc2cnn(C)c2)c(=O)nc1SCc1ccc(F)cc1. The molecule has 3 aromatic heterocycles. The van der Waals surface area contributed by atoms with E-state index < -0.39 is 11.9 Å². The van der Waals surface area contributed by atoms with Crippen molar-refractivity contribution in [3.05, 3.63) is 124 Å². The number of hydrogen-bond acceptors (Lipinski definition) is 7. The van der Waals surface area contributed by atoms with Gasteiger partial charge in [0.2, 0.25) is 5.91 Å². The monoisotopic (exact) mass is 652 g/mol. The number of carbonyl (C=O) groups is 1. The zero-order valence-electron chi connectivity index (χ0n) is 24.7. The van der Waals surface area contributed by atoms with Gasteiger partial charge in [-0.15, -0.1) is 13.2 Å². The molecule has 1 amide bonds. The van der Waals surface area contributed by atoms with Crippen LogP contribution in [0.4, 0.5) is 17.6 Å². The summed E-state index contributed by atoms with van der Waals surface area (Å²) in [5.74, 6) is -0.518. The number of carbonyl (C=O) groups excluding carboxylic acids is 1. The van der Waals surface area contributed by atoms with Gasteiger partial charge in [0.15, 0.2) is 5.16 Å². The molecule has 0 atom stereocenters. The fraction of sp³-hybridized carbons (Fsp3) is 0.219. The second kappa shape index (κ2) is 14.0. The van der Waals surface area contributed by atoms with Crippen molar-refractivity contribution >= 4 is 17.7 Å². The molecule has 0 fully saturated rings. The van der Waals surface area contributed by atoms with Crippen molar-refractivity contribution in [1.29, 1.82) is 0 Å². The Morgan fingerprint density at radius 3 is 2.30 bits per heavy atom. The van der Waals surface area contributed by atoms with Crippen LogP contribution in [0.3, 0.4) is 0 Å². The Bertz CT molecular complexity index is 1860. The average Bonchev–Trinajstić information content (AvgIpc) is 3.43. The minimum absolute atomic E-state index is 0.0972. The summed E-state index contributed by atoms with van der Waals surface area (Å²) >= 11 is 1.27. The number of halogens is 4. The standard InChI is InChI=1S/C32H28F4N6O3S/c1-40(18-27-10-5-24(15-37-27)23-6-11-28(12-7-23)45-32(34,35)36)29(43)19-42-17-25(13-22-14-38-41(2)16-22)30(44)39-31(42)46-20-21-3-8-26(33)9-4-21/h3-12,14-17H,13,18-20H2,1-2H3. The molecule has 0 bridgehead atoms. The molecule has 0 unspecified atom stereocenters. The number of nitrogens with zero attached hydrogens (tertiary/aromatic N) is 6. The second-order valence-electron chi connectivity index (χ2n) is 10.5. The predicted molar refractivity (Wildman–Crippen MR) is 163 cm³/mol. The zero-order chi connectivity index (χ0) is 32.8. The summed E-state index contributed by atoms with van der Waals surface area (Å²) in [6, 6.07) is 15.0. The van der Waals surface area contributed by atoms with Crippen molar-refractivity contribution in [3.8, 4) is 16.9 Å². The number of hydrogen-bond donors (Lipinski definition) is 0. The Labute approximate surface area is 265 Å². The van der Waals surface area contributed by atoms with Crippen molar-refractivity contribution in [2.45, 2.75) is 36.8 Å². The van der Waals surface area contributed by atoms with Crippen LogP contribution in [0.15, 0.2) is 95.4 Å². The van der Waals surface area contributed by atoms with Crippen LogP contribution in [0, 0.1) is 5.82 Å². The molecule has 238 valence electrons. The third kappa shape index (κ3) is 8.81. The molecule has 3 heterocycles. The number of benzene rings is 2. The number of amides is 1. The number of likely N-dealkylation sites (N-methyl/N-ethyl adjacent to an activating group) is 1. The molecule has 2 aromatic carbocycles. The maximum Gasteiger partial charge on any atom is 0.573 e. The fourth-order valence-corrected chi connectivity index (χ4v) is 5.44. The van der Waals surface area contributed by atoms with E-state index in [0.717, 1.165) is 11.1 Å². The molecule has 0 aliphatic carbocycles. The molecule has 46 heavy (non-hydrogen) atoms. The first-order valence-corrected chi connectivity index (χ1v) is 14.9. The summed E-state index contributed by atoms with van der Waals surface area (Å²) in [7, 11) is 3.41. The normalized spacial score (nSPS) is 11.4. The Morgan fingerprint density at radius 2 is 1.67 bits per heavy atom. The molecular formula is C32H28F4N6O3S. The molecule has 5 aromatic rings. The Balaban J connectivity index is 1.28. The van der Waals surface area contributed by atoms with Crippen LogP contribution in [0.2, 0.25) is 0 Å². The summed E-state index contributed by atoms with van der Waals surface area (Å²) in [6.07, 6.45) is 2.20. The summed E-state index contributed by atoms with van der Waals surface area (Å²) in [5.41, 5.74) is 3.58. The van der Waals surface area contributed by atoms with Crippen LogP contribution in [0.1, 0.15) is 22.4 Å². The fourth-order valence-electron chi connectivity index (χ4n) is 4.52. The van der Waals surface area contributed by atoms with Crippen molar-refractivity contribution in [1.82, 2.24) is 29.2 Å². The summed E-state index contributed by atoms with van der Waals surface area (Å²) in [5, 5.41) is 4.50. The first kappa shape index (κ1) is 32.4.